The molecular weight excluding hydrogens is 284 g/mol. The molecule has 19 heavy (non-hydrogen) atoms. The molecule has 3 nitrogen and oxygen atoms in total. The Morgan fingerprint density at radius 2 is 2.00 bits per heavy atom. The Labute approximate surface area is 121 Å². The molecule has 0 saturated carbocycles. The molecule has 0 bridgehead atoms. The number of aliphatic hydroxyl groups is 1. The van der Waals surface area contributed by atoms with Crippen LogP contribution in [0.1, 0.15) is 22.1 Å². The van der Waals surface area contributed by atoms with Gasteiger partial charge in [0.15, 0.2) is 0 Å². The van der Waals surface area contributed by atoms with Crippen LogP contribution < -0.4 is 9.47 Å². The molecule has 0 spiro atoms. The fraction of sp³-hybridized carbons (Fsp3) is 0.286. The minimum absolute atomic E-state index is 0.599. The molecule has 1 heterocycles. The topological polar surface area (TPSA) is 38.7 Å². The number of methoxy groups -OCH3 is 2. The van der Waals surface area contributed by atoms with Crippen LogP contribution in [0.4, 0.5) is 0 Å². The lowest BCUT2D eigenvalue weighted by Crippen LogP contribution is -2.02. The van der Waals surface area contributed by atoms with Gasteiger partial charge in [-0.1, -0.05) is 11.6 Å². The molecule has 0 fully saturated rings. The van der Waals surface area contributed by atoms with Crippen LogP contribution in [0, 0.1) is 6.92 Å². The number of hydrogen-bond acceptors (Lipinski definition) is 4. The Morgan fingerprint density at radius 1 is 1.26 bits per heavy atom. The van der Waals surface area contributed by atoms with Crippen molar-refractivity contribution in [1.82, 2.24) is 0 Å². The fourth-order valence-corrected chi connectivity index (χ4v) is 3.13. The highest BCUT2D eigenvalue weighted by Crippen LogP contribution is 2.39. The van der Waals surface area contributed by atoms with Gasteiger partial charge in [0, 0.05) is 5.56 Å². The number of thiophene rings is 1. The predicted octanol–water partition coefficient (Wildman–Crippen LogP) is 3.81. The zero-order valence-corrected chi connectivity index (χ0v) is 12.5. The van der Waals surface area contributed by atoms with Crippen molar-refractivity contribution in [2.45, 2.75) is 13.0 Å². The lowest BCUT2D eigenvalue weighted by atomic mass is 10.1. The van der Waals surface area contributed by atoms with E-state index in [4.69, 9.17) is 21.1 Å². The Hall–Kier alpha value is -1.23. The summed E-state index contributed by atoms with van der Waals surface area (Å²) in [5.41, 5.74) is 1.60. The van der Waals surface area contributed by atoms with E-state index in [0.29, 0.717) is 27.0 Å². The molecule has 0 saturated heterocycles. The quantitative estimate of drug-likeness (QED) is 0.933. The average molecular weight is 299 g/mol. The normalized spacial score (nSPS) is 12.3. The smallest absolute Gasteiger partial charge is 0.125 e. The fourth-order valence-electron chi connectivity index (χ4n) is 1.83. The molecular formula is C14H15ClO3S. The van der Waals surface area contributed by atoms with Crippen LogP contribution in [0.25, 0.3) is 0 Å². The third kappa shape index (κ3) is 2.71. The second-order valence-electron chi connectivity index (χ2n) is 4.11. The summed E-state index contributed by atoms with van der Waals surface area (Å²) in [4.78, 5) is 0.714. The largest absolute Gasteiger partial charge is 0.497 e. The van der Waals surface area contributed by atoms with Crippen molar-refractivity contribution in [3.05, 3.63) is 44.6 Å². The summed E-state index contributed by atoms with van der Waals surface area (Å²) in [5, 5.41) is 13.0. The molecule has 0 aliphatic rings. The monoisotopic (exact) mass is 298 g/mol. The number of halogens is 1. The van der Waals surface area contributed by atoms with E-state index in [2.05, 4.69) is 0 Å². The number of benzene rings is 1. The Morgan fingerprint density at radius 3 is 2.53 bits per heavy atom. The van der Waals surface area contributed by atoms with E-state index in [1.165, 1.54) is 11.3 Å². The van der Waals surface area contributed by atoms with E-state index in [1.807, 2.05) is 12.3 Å². The van der Waals surface area contributed by atoms with E-state index >= 15 is 0 Å². The van der Waals surface area contributed by atoms with Crippen molar-refractivity contribution in [2.24, 2.45) is 0 Å². The maximum absolute atomic E-state index is 10.5. The minimum atomic E-state index is -0.823. The number of aryl methyl sites for hydroxylation is 1. The summed E-state index contributed by atoms with van der Waals surface area (Å²) in [6.07, 6.45) is -0.823. The van der Waals surface area contributed by atoms with Gasteiger partial charge in [0.1, 0.15) is 17.6 Å². The Bertz CT molecular complexity index is 580. The molecule has 0 aliphatic heterocycles. The van der Waals surface area contributed by atoms with Gasteiger partial charge in [-0.15, -0.1) is 11.3 Å². The molecule has 5 heteroatoms. The van der Waals surface area contributed by atoms with E-state index in [-0.39, 0.29) is 0 Å². The third-order valence-corrected chi connectivity index (χ3v) is 4.67. The Kier molecular flexibility index (Phi) is 4.34. The number of hydrogen-bond donors (Lipinski definition) is 1. The van der Waals surface area contributed by atoms with Crippen LogP contribution in [-0.4, -0.2) is 19.3 Å². The summed E-state index contributed by atoms with van der Waals surface area (Å²) in [5.74, 6) is 1.27. The van der Waals surface area contributed by atoms with Gasteiger partial charge in [-0.3, -0.25) is 0 Å². The first-order valence-electron chi connectivity index (χ1n) is 5.72. The van der Waals surface area contributed by atoms with Crippen LogP contribution in [0.5, 0.6) is 11.5 Å². The number of aliphatic hydroxyl groups excluding tert-OH is 1. The van der Waals surface area contributed by atoms with Crippen LogP contribution >= 0.6 is 22.9 Å². The first-order chi connectivity index (χ1) is 9.08. The van der Waals surface area contributed by atoms with Crippen molar-refractivity contribution in [3.8, 4) is 11.5 Å². The standard InChI is InChI=1S/C14H15ClO3S/c1-8-7-19-14(12(8)15)13(16)10-6-9(17-2)4-5-11(10)18-3/h4-7,13,16H,1-3H3. The minimum Gasteiger partial charge on any atom is -0.497 e. The van der Waals surface area contributed by atoms with Crippen LogP contribution in [0.2, 0.25) is 5.02 Å². The van der Waals surface area contributed by atoms with Crippen LogP contribution in [0.15, 0.2) is 23.6 Å². The second kappa shape index (κ2) is 5.82. The molecule has 1 N–H and O–H groups in total. The zero-order valence-electron chi connectivity index (χ0n) is 10.9. The van der Waals surface area contributed by atoms with E-state index in [1.54, 1.807) is 32.4 Å². The maximum Gasteiger partial charge on any atom is 0.125 e. The molecule has 1 aromatic heterocycles. The highest BCUT2D eigenvalue weighted by molar-refractivity contribution is 7.10. The van der Waals surface area contributed by atoms with Crippen molar-refractivity contribution < 1.29 is 14.6 Å². The molecule has 0 radical (unpaired) electrons. The number of ether oxygens (including phenoxy) is 2. The first kappa shape index (κ1) is 14.2. The molecule has 1 atom stereocenters. The van der Waals surface area contributed by atoms with Gasteiger partial charge in [0.2, 0.25) is 0 Å². The maximum atomic E-state index is 10.5. The van der Waals surface area contributed by atoms with E-state index in [0.717, 1.165) is 5.56 Å². The summed E-state index contributed by atoms with van der Waals surface area (Å²) in [7, 11) is 3.15. The van der Waals surface area contributed by atoms with Gasteiger partial charge in [0.25, 0.3) is 0 Å². The van der Waals surface area contributed by atoms with Gasteiger partial charge >= 0.3 is 0 Å². The summed E-state index contributed by atoms with van der Waals surface area (Å²) in [6, 6.07) is 5.32. The molecule has 1 aromatic carbocycles. The summed E-state index contributed by atoms with van der Waals surface area (Å²) >= 11 is 7.63. The number of rotatable bonds is 4. The highest BCUT2D eigenvalue weighted by atomic mass is 35.5. The van der Waals surface area contributed by atoms with Crippen molar-refractivity contribution in [3.63, 3.8) is 0 Å². The van der Waals surface area contributed by atoms with Gasteiger partial charge < -0.3 is 14.6 Å². The van der Waals surface area contributed by atoms with Crippen LogP contribution in [-0.2, 0) is 0 Å². The third-order valence-electron chi connectivity index (χ3n) is 2.91. The van der Waals surface area contributed by atoms with Crippen LogP contribution in [0.3, 0.4) is 0 Å². The van der Waals surface area contributed by atoms with Crippen molar-refractivity contribution >= 4 is 22.9 Å². The van der Waals surface area contributed by atoms with E-state index in [9.17, 15) is 5.11 Å². The summed E-state index contributed by atoms with van der Waals surface area (Å²) in [6.45, 7) is 1.91. The average Bonchev–Trinajstić information content (AvgIpc) is 2.77. The molecule has 2 aromatic rings. The molecule has 102 valence electrons. The zero-order chi connectivity index (χ0) is 14.0. The predicted molar refractivity (Wildman–Crippen MR) is 77.7 cm³/mol. The van der Waals surface area contributed by atoms with Crippen molar-refractivity contribution in [1.29, 1.82) is 0 Å². The van der Waals surface area contributed by atoms with Gasteiger partial charge in [-0.05, 0) is 36.1 Å². The molecule has 0 aliphatic carbocycles. The summed E-state index contributed by atoms with van der Waals surface area (Å²) < 4.78 is 10.5. The lowest BCUT2D eigenvalue weighted by Gasteiger charge is -2.15. The molecule has 2 rings (SSSR count). The molecule has 1 unspecified atom stereocenters. The second-order valence-corrected chi connectivity index (χ2v) is 5.40. The van der Waals surface area contributed by atoms with Gasteiger partial charge in [-0.2, -0.15) is 0 Å². The SMILES string of the molecule is COc1ccc(OC)c(C(O)c2scc(C)c2Cl)c1. The molecule has 0 amide bonds. The van der Waals surface area contributed by atoms with Crippen molar-refractivity contribution in [2.75, 3.05) is 14.2 Å². The Balaban J connectivity index is 2.47. The van der Waals surface area contributed by atoms with Gasteiger partial charge in [-0.25, -0.2) is 0 Å². The van der Waals surface area contributed by atoms with E-state index < -0.39 is 6.10 Å². The van der Waals surface area contributed by atoms with Gasteiger partial charge in [0.05, 0.1) is 24.1 Å². The highest BCUT2D eigenvalue weighted by Gasteiger charge is 2.21. The lowest BCUT2D eigenvalue weighted by molar-refractivity contribution is 0.218. The first-order valence-corrected chi connectivity index (χ1v) is 6.97.